The van der Waals surface area contributed by atoms with Gasteiger partial charge in [0.1, 0.15) is 5.82 Å². The average Bonchev–Trinajstić information content (AvgIpc) is 3.13. The molecular formula is C21H24N4O2. The molecule has 0 unspecified atom stereocenters. The second kappa shape index (κ2) is 7.47. The molecule has 0 spiro atoms. The smallest absolute Gasteiger partial charge is 0.312 e. The fraction of sp³-hybridized carbons (Fsp3) is 0.429. The Hall–Kier alpha value is -2.76. The Kier molecular flexibility index (Phi) is 4.88. The molecule has 27 heavy (non-hydrogen) atoms. The van der Waals surface area contributed by atoms with E-state index in [0.717, 1.165) is 30.4 Å². The van der Waals surface area contributed by atoms with E-state index < -0.39 is 5.91 Å². The number of carbonyl (C=O) groups excluding carboxylic acids is 2. The van der Waals surface area contributed by atoms with Crippen LogP contribution in [-0.2, 0) is 16.1 Å². The predicted molar refractivity (Wildman–Crippen MR) is 101 cm³/mol. The average molecular weight is 364 g/mol. The van der Waals surface area contributed by atoms with Gasteiger partial charge >= 0.3 is 11.8 Å². The van der Waals surface area contributed by atoms with Crippen molar-refractivity contribution in [1.29, 1.82) is 0 Å². The lowest BCUT2D eigenvalue weighted by atomic mass is 10.1. The quantitative estimate of drug-likeness (QED) is 0.782. The number of piperazine rings is 1. The molecule has 0 N–H and O–H groups in total. The Labute approximate surface area is 159 Å². The van der Waals surface area contributed by atoms with Crippen molar-refractivity contribution in [2.45, 2.75) is 38.8 Å². The SMILES string of the molecule is C[C@H]1CC[C@H](N2CCN(Cc3ncc(-c4ccccc4)cn3)C(=O)C2=O)C1. The lowest BCUT2D eigenvalue weighted by Crippen LogP contribution is -2.56. The van der Waals surface area contributed by atoms with E-state index in [1.165, 1.54) is 0 Å². The van der Waals surface area contributed by atoms with Gasteiger partial charge < -0.3 is 9.80 Å². The molecule has 2 aromatic rings. The number of benzene rings is 1. The van der Waals surface area contributed by atoms with Gasteiger partial charge in [0.05, 0.1) is 6.54 Å². The van der Waals surface area contributed by atoms with Crippen molar-refractivity contribution in [3.8, 4) is 11.1 Å². The first kappa shape index (κ1) is 17.6. The van der Waals surface area contributed by atoms with Crippen LogP contribution in [0, 0.1) is 5.92 Å². The molecule has 2 amide bonds. The van der Waals surface area contributed by atoms with Gasteiger partial charge in [0.15, 0.2) is 0 Å². The molecule has 1 aliphatic carbocycles. The van der Waals surface area contributed by atoms with Crippen LogP contribution in [-0.4, -0.2) is 50.7 Å². The molecule has 1 saturated carbocycles. The van der Waals surface area contributed by atoms with Crippen LogP contribution in [0.1, 0.15) is 32.0 Å². The number of hydrogen-bond donors (Lipinski definition) is 0. The highest BCUT2D eigenvalue weighted by Crippen LogP contribution is 2.30. The highest BCUT2D eigenvalue weighted by Gasteiger charge is 2.38. The molecule has 1 saturated heterocycles. The lowest BCUT2D eigenvalue weighted by molar-refractivity contribution is -0.158. The molecule has 0 radical (unpaired) electrons. The van der Waals surface area contributed by atoms with Gasteiger partial charge in [0.25, 0.3) is 0 Å². The van der Waals surface area contributed by atoms with E-state index in [1.54, 1.807) is 22.2 Å². The van der Waals surface area contributed by atoms with E-state index in [0.29, 0.717) is 24.8 Å². The van der Waals surface area contributed by atoms with Crippen LogP contribution in [0.15, 0.2) is 42.7 Å². The summed E-state index contributed by atoms with van der Waals surface area (Å²) in [6.45, 7) is 3.62. The maximum Gasteiger partial charge on any atom is 0.312 e. The molecule has 2 heterocycles. The van der Waals surface area contributed by atoms with Gasteiger partial charge in [-0.1, -0.05) is 37.3 Å². The van der Waals surface area contributed by atoms with Crippen molar-refractivity contribution in [1.82, 2.24) is 19.8 Å². The van der Waals surface area contributed by atoms with E-state index in [4.69, 9.17) is 0 Å². The topological polar surface area (TPSA) is 66.4 Å². The Morgan fingerprint density at radius 3 is 2.37 bits per heavy atom. The number of aromatic nitrogens is 2. The van der Waals surface area contributed by atoms with Gasteiger partial charge in [-0.15, -0.1) is 0 Å². The van der Waals surface area contributed by atoms with Crippen molar-refractivity contribution in [3.05, 3.63) is 48.5 Å². The molecule has 1 aliphatic heterocycles. The van der Waals surface area contributed by atoms with Crippen LogP contribution in [0.5, 0.6) is 0 Å². The van der Waals surface area contributed by atoms with E-state index in [9.17, 15) is 9.59 Å². The van der Waals surface area contributed by atoms with E-state index in [-0.39, 0.29) is 18.5 Å². The lowest BCUT2D eigenvalue weighted by Gasteiger charge is -2.37. The molecule has 2 atom stereocenters. The Bertz CT molecular complexity index is 822. The van der Waals surface area contributed by atoms with E-state index in [2.05, 4.69) is 16.9 Å². The second-order valence-corrected chi connectivity index (χ2v) is 7.55. The third-order valence-corrected chi connectivity index (χ3v) is 5.59. The van der Waals surface area contributed by atoms with Crippen LogP contribution < -0.4 is 0 Å². The Balaban J connectivity index is 1.40. The van der Waals surface area contributed by atoms with Crippen molar-refractivity contribution in [2.75, 3.05) is 13.1 Å². The molecule has 2 aliphatic rings. The standard InChI is InChI=1S/C21H24N4O2/c1-15-7-8-18(11-15)25-10-9-24(20(26)21(25)27)14-19-22-12-17(13-23-19)16-5-3-2-4-6-16/h2-6,12-13,15,18H,7-11,14H2,1H3/t15-,18-/m0/s1. The van der Waals surface area contributed by atoms with Gasteiger partial charge in [-0.25, -0.2) is 9.97 Å². The maximum atomic E-state index is 12.6. The summed E-state index contributed by atoms with van der Waals surface area (Å²) in [6, 6.07) is 10.1. The highest BCUT2D eigenvalue weighted by atomic mass is 16.2. The minimum atomic E-state index is -0.434. The van der Waals surface area contributed by atoms with Crippen LogP contribution in [0.25, 0.3) is 11.1 Å². The zero-order chi connectivity index (χ0) is 18.8. The molecule has 1 aromatic heterocycles. The first-order chi connectivity index (χ1) is 13.1. The van der Waals surface area contributed by atoms with E-state index in [1.807, 2.05) is 30.3 Å². The fourth-order valence-electron chi connectivity index (χ4n) is 4.04. The van der Waals surface area contributed by atoms with Crippen molar-refractivity contribution >= 4 is 11.8 Å². The normalized spacial score (nSPS) is 23.1. The number of hydrogen-bond acceptors (Lipinski definition) is 4. The molecule has 6 nitrogen and oxygen atoms in total. The largest absolute Gasteiger partial charge is 0.330 e. The van der Waals surface area contributed by atoms with E-state index >= 15 is 0 Å². The van der Waals surface area contributed by atoms with Crippen molar-refractivity contribution in [3.63, 3.8) is 0 Å². The molecule has 1 aromatic carbocycles. The molecule has 0 bridgehead atoms. The maximum absolute atomic E-state index is 12.6. The summed E-state index contributed by atoms with van der Waals surface area (Å²) in [5.41, 5.74) is 1.98. The summed E-state index contributed by atoms with van der Waals surface area (Å²) in [5.74, 6) is 0.379. The van der Waals surface area contributed by atoms with Crippen LogP contribution >= 0.6 is 0 Å². The number of rotatable bonds is 4. The summed E-state index contributed by atoms with van der Waals surface area (Å²) in [7, 11) is 0. The fourth-order valence-corrected chi connectivity index (χ4v) is 4.04. The third-order valence-electron chi connectivity index (χ3n) is 5.59. The first-order valence-corrected chi connectivity index (χ1v) is 9.58. The summed E-state index contributed by atoms with van der Waals surface area (Å²) in [6.07, 6.45) is 6.67. The van der Waals surface area contributed by atoms with Gasteiger partial charge in [-0.3, -0.25) is 9.59 Å². The van der Waals surface area contributed by atoms with Crippen molar-refractivity contribution < 1.29 is 9.59 Å². The minimum Gasteiger partial charge on any atom is -0.330 e. The van der Waals surface area contributed by atoms with Crippen LogP contribution in [0.2, 0.25) is 0 Å². The zero-order valence-electron chi connectivity index (χ0n) is 15.5. The predicted octanol–water partition coefficient (Wildman–Crippen LogP) is 2.50. The molecule has 140 valence electrons. The Morgan fingerprint density at radius 1 is 0.963 bits per heavy atom. The second-order valence-electron chi connectivity index (χ2n) is 7.55. The number of amides is 2. The van der Waals surface area contributed by atoms with Gasteiger partial charge in [0.2, 0.25) is 0 Å². The minimum absolute atomic E-state index is 0.222. The number of carbonyl (C=O) groups is 2. The summed E-state index contributed by atoms with van der Waals surface area (Å²) in [5, 5.41) is 0. The zero-order valence-corrected chi connectivity index (χ0v) is 15.5. The summed E-state index contributed by atoms with van der Waals surface area (Å²) < 4.78 is 0. The highest BCUT2D eigenvalue weighted by molar-refractivity contribution is 6.35. The van der Waals surface area contributed by atoms with Gasteiger partial charge in [0, 0.05) is 37.1 Å². The van der Waals surface area contributed by atoms with Gasteiger partial charge in [-0.05, 0) is 30.7 Å². The van der Waals surface area contributed by atoms with Crippen LogP contribution in [0.4, 0.5) is 0 Å². The molecule has 6 heteroatoms. The molecule has 2 fully saturated rings. The third kappa shape index (κ3) is 3.70. The summed E-state index contributed by atoms with van der Waals surface area (Å²) >= 11 is 0. The van der Waals surface area contributed by atoms with Crippen molar-refractivity contribution in [2.24, 2.45) is 5.92 Å². The van der Waals surface area contributed by atoms with Gasteiger partial charge in [-0.2, -0.15) is 0 Å². The Morgan fingerprint density at radius 2 is 1.70 bits per heavy atom. The monoisotopic (exact) mass is 364 g/mol. The number of nitrogens with zero attached hydrogens (tertiary/aromatic N) is 4. The molecular weight excluding hydrogens is 340 g/mol. The van der Waals surface area contributed by atoms with Crippen LogP contribution in [0.3, 0.4) is 0 Å². The molecule has 4 rings (SSSR count). The first-order valence-electron chi connectivity index (χ1n) is 9.58. The summed E-state index contributed by atoms with van der Waals surface area (Å²) in [4.78, 5) is 37.2.